The van der Waals surface area contributed by atoms with Crippen molar-refractivity contribution in [2.75, 3.05) is 11.1 Å². The van der Waals surface area contributed by atoms with Gasteiger partial charge in [0.15, 0.2) is 15.5 Å². The van der Waals surface area contributed by atoms with E-state index in [2.05, 4.69) is 10.4 Å². The molecular weight excluding hydrogens is 328 g/mol. The fourth-order valence-corrected chi connectivity index (χ4v) is 2.79. The van der Waals surface area contributed by atoms with Crippen LogP contribution in [0.4, 0.5) is 5.82 Å². The van der Waals surface area contributed by atoms with Crippen molar-refractivity contribution in [1.82, 2.24) is 9.78 Å². The molecule has 126 valence electrons. The molecule has 0 aliphatic carbocycles. The largest absolute Gasteiger partial charge is 0.309 e. The zero-order valence-corrected chi connectivity index (χ0v) is 14.5. The molecule has 0 atom stereocenters. The second kappa shape index (κ2) is 6.84. The molecule has 0 bridgehead atoms. The average molecular weight is 346 g/mol. The van der Waals surface area contributed by atoms with Crippen molar-refractivity contribution in [2.45, 2.75) is 26.0 Å². The van der Waals surface area contributed by atoms with Gasteiger partial charge in [0, 0.05) is 5.56 Å². The van der Waals surface area contributed by atoms with Crippen LogP contribution in [0.15, 0.2) is 30.3 Å². The minimum Gasteiger partial charge on any atom is -0.309 e. The highest BCUT2D eigenvalue weighted by molar-refractivity contribution is 7.92. The third-order valence-corrected chi connectivity index (χ3v) is 5.64. The molecular formula is C16H18N4O3S. The van der Waals surface area contributed by atoms with Gasteiger partial charge in [-0.05, 0) is 32.9 Å². The lowest BCUT2D eigenvalue weighted by atomic mass is 10.2. The highest BCUT2D eigenvalue weighted by Gasteiger charge is 2.23. The third kappa shape index (κ3) is 3.63. The summed E-state index contributed by atoms with van der Waals surface area (Å²) < 4.78 is 25.2. The summed E-state index contributed by atoms with van der Waals surface area (Å²) in [6, 6.07) is 10.9. The van der Waals surface area contributed by atoms with E-state index in [9.17, 15) is 13.2 Å². The molecule has 2 aromatic rings. The highest BCUT2D eigenvalue weighted by Crippen LogP contribution is 2.23. The number of benzene rings is 1. The van der Waals surface area contributed by atoms with Crippen LogP contribution in [0.5, 0.6) is 0 Å². The molecule has 0 radical (unpaired) electrons. The van der Waals surface area contributed by atoms with Gasteiger partial charge in [0.2, 0.25) is 5.91 Å². The number of carbonyl (C=O) groups is 1. The molecule has 0 aliphatic rings. The van der Waals surface area contributed by atoms with Crippen LogP contribution in [-0.2, 0) is 14.6 Å². The Morgan fingerprint density at radius 2 is 1.96 bits per heavy atom. The lowest BCUT2D eigenvalue weighted by molar-refractivity contribution is -0.113. The molecule has 1 N–H and O–H groups in total. The van der Waals surface area contributed by atoms with Crippen LogP contribution in [0, 0.1) is 18.3 Å². The average Bonchev–Trinajstić information content (AvgIpc) is 2.84. The molecule has 1 amide bonds. The number of aromatic nitrogens is 2. The van der Waals surface area contributed by atoms with E-state index in [-0.39, 0.29) is 5.69 Å². The summed E-state index contributed by atoms with van der Waals surface area (Å²) in [6.45, 7) is 4.70. The number of hydrogen-bond donors (Lipinski definition) is 1. The summed E-state index contributed by atoms with van der Waals surface area (Å²) in [5, 5.41) is 15.3. The van der Waals surface area contributed by atoms with Crippen LogP contribution in [-0.4, -0.2) is 35.1 Å². The molecule has 2 rings (SSSR count). The standard InChI is InChI=1S/C16H18N4O3S/c1-11(2)24(22,23)10-15(21)18-16-12(3)14(9-17)19-20(16)13-7-5-4-6-8-13/h4-8,11H,10H2,1-3H3,(H,18,21). The fraction of sp³-hybridized carbons (Fsp3) is 0.312. The Morgan fingerprint density at radius 1 is 1.33 bits per heavy atom. The Balaban J connectivity index is 2.39. The number of carbonyl (C=O) groups excluding carboxylic acids is 1. The first kappa shape index (κ1) is 17.7. The summed E-state index contributed by atoms with van der Waals surface area (Å²) >= 11 is 0. The number of anilines is 1. The highest BCUT2D eigenvalue weighted by atomic mass is 32.2. The van der Waals surface area contributed by atoms with Gasteiger partial charge < -0.3 is 5.32 Å². The summed E-state index contributed by atoms with van der Waals surface area (Å²) in [6.07, 6.45) is 0. The Bertz CT molecular complexity index is 893. The van der Waals surface area contributed by atoms with E-state index >= 15 is 0 Å². The molecule has 8 heteroatoms. The molecule has 0 unspecified atom stereocenters. The molecule has 7 nitrogen and oxygen atoms in total. The van der Waals surface area contributed by atoms with Crippen molar-refractivity contribution in [3.63, 3.8) is 0 Å². The number of para-hydroxylation sites is 1. The van der Waals surface area contributed by atoms with E-state index in [4.69, 9.17) is 5.26 Å². The quantitative estimate of drug-likeness (QED) is 0.889. The Hall–Kier alpha value is -2.66. The van der Waals surface area contributed by atoms with Gasteiger partial charge in [-0.15, -0.1) is 0 Å². The minimum atomic E-state index is -3.51. The van der Waals surface area contributed by atoms with Crippen LogP contribution in [0.25, 0.3) is 5.69 Å². The van der Waals surface area contributed by atoms with Crippen molar-refractivity contribution in [1.29, 1.82) is 5.26 Å². The Morgan fingerprint density at radius 3 is 2.50 bits per heavy atom. The van der Waals surface area contributed by atoms with E-state index in [0.717, 1.165) is 0 Å². The number of amides is 1. The smallest absolute Gasteiger partial charge is 0.240 e. The van der Waals surface area contributed by atoms with Crippen molar-refractivity contribution in [3.8, 4) is 11.8 Å². The third-order valence-electron chi connectivity index (χ3n) is 3.54. The number of rotatable bonds is 5. The molecule has 24 heavy (non-hydrogen) atoms. The monoisotopic (exact) mass is 346 g/mol. The van der Waals surface area contributed by atoms with Gasteiger partial charge in [0.25, 0.3) is 0 Å². The Labute approximate surface area is 140 Å². The number of hydrogen-bond acceptors (Lipinski definition) is 5. The molecule has 0 saturated carbocycles. The molecule has 0 spiro atoms. The molecule has 0 saturated heterocycles. The van der Waals surface area contributed by atoms with E-state index in [1.54, 1.807) is 31.2 Å². The van der Waals surface area contributed by atoms with Crippen LogP contribution in [0.3, 0.4) is 0 Å². The van der Waals surface area contributed by atoms with Crippen molar-refractivity contribution >= 4 is 21.6 Å². The lowest BCUT2D eigenvalue weighted by Gasteiger charge is -2.11. The fourth-order valence-electron chi connectivity index (χ4n) is 2.02. The van der Waals surface area contributed by atoms with E-state index < -0.39 is 26.7 Å². The maximum absolute atomic E-state index is 12.2. The topological polar surface area (TPSA) is 105 Å². The molecule has 1 heterocycles. The minimum absolute atomic E-state index is 0.167. The van der Waals surface area contributed by atoms with Gasteiger partial charge in [-0.25, -0.2) is 13.1 Å². The number of sulfone groups is 1. The summed E-state index contributed by atoms with van der Waals surface area (Å²) in [4.78, 5) is 12.2. The van der Waals surface area contributed by atoms with Crippen LogP contribution < -0.4 is 5.32 Å². The van der Waals surface area contributed by atoms with E-state index in [0.29, 0.717) is 17.1 Å². The van der Waals surface area contributed by atoms with Crippen molar-refractivity contribution in [2.24, 2.45) is 0 Å². The predicted molar refractivity (Wildman–Crippen MR) is 90.6 cm³/mol. The van der Waals surface area contributed by atoms with Gasteiger partial charge >= 0.3 is 0 Å². The first-order chi connectivity index (χ1) is 11.3. The van der Waals surface area contributed by atoms with Crippen molar-refractivity contribution in [3.05, 3.63) is 41.6 Å². The molecule has 1 aromatic carbocycles. The second-order valence-electron chi connectivity index (χ2n) is 5.59. The van der Waals surface area contributed by atoms with Gasteiger partial charge in [0.1, 0.15) is 17.6 Å². The lowest BCUT2D eigenvalue weighted by Crippen LogP contribution is -2.28. The number of nitrogens with one attached hydrogen (secondary N) is 1. The Kier molecular flexibility index (Phi) is 5.04. The first-order valence-corrected chi connectivity index (χ1v) is 9.04. The second-order valence-corrected chi connectivity index (χ2v) is 8.14. The number of nitrogens with zero attached hydrogens (tertiary/aromatic N) is 3. The first-order valence-electron chi connectivity index (χ1n) is 7.33. The summed E-state index contributed by atoms with van der Waals surface area (Å²) in [7, 11) is -3.51. The maximum atomic E-state index is 12.2. The van der Waals surface area contributed by atoms with E-state index in [1.165, 1.54) is 18.5 Å². The van der Waals surface area contributed by atoms with Gasteiger partial charge in [-0.1, -0.05) is 18.2 Å². The summed E-state index contributed by atoms with van der Waals surface area (Å²) in [5.41, 5.74) is 1.31. The van der Waals surface area contributed by atoms with Crippen LogP contribution in [0.1, 0.15) is 25.1 Å². The SMILES string of the molecule is Cc1c(C#N)nn(-c2ccccc2)c1NC(=O)CS(=O)(=O)C(C)C. The van der Waals surface area contributed by atoms with Crippen LogP contribution in [0.2, 0.25) is 0 Å². The molecule has 0 aliphatic heterocycles. The summed E-state index contributed by atoms with van der Waals surface area (Å²) in [5.74, 6) is -0.985. The van der Waals surface area contributed by atoms with E-state index in [1.807, 2.05) is 12.1 Å². The molecule has 0 fully saturated rings. The number of nitriles is 1. The van der Waals surface area contributed by atoms with Gasteiger partial charge in [-0.3, -0.25) is 4.79 Å². The zero-order chi connectivity index (χ0) is 17.9. The van der Waals surface area contributed by atoms with Gasteiger partial charge in [-0.2, -0.15) is 10.4 Å². The maximum Gasteiger partial charge on any atom is 0.240 e. The predicted octanol–water partition coefficient (Wildman–Crippen LogP) is 1.81. The molecule has 1 aromatic heterocycles. The zero-order valence-electron chi connectivity index (χ0n) is 13.6. The van der Waals surface area contributed by atoms with Crippen molar-refractivity contribution < 1.29 is 13.2 Å². The van der Waals surface area contributed by atoms with Crippen LogP contribution >= 0.6 is 0 Å². The normalized spacial score (nSPS) is 11.3. The van der Waals surface area contributed by atoms with Gasteiger partial charge in [0.05, 0.1) is 10.9 Å².